The molecule has 1 saturated heterocycles. The summed E-state index contributed by atoms with van der Waals surface area (Å²) in [5.74, 6) is -0.419. The zero-order chi connectivity index (χ0) is 37.4. The molecular weight excluding hydrogens is 658 g/mol. The smallest absolute Gasteiger partial charge is 0.220 e. The lowest BCUT2D eigenvalue weighted by Gasteiger charge is -2.44. The van der Waals surface area contributed by atoms with Gasteiger partial charge in [-0.3, -0.25) is 4.79 Å². The van der Waals surface area contributed by atoms with Gasteiger partial charge in [0.1, 0.15) is 30.5 Å². The van der Waals surface area contributed by atoms with Crippen molar-refractivity contribution >= 4 is 5.91 Å². The van der Waals surface area contributed by atoms with Gasteiger partial charge in [0.25, 0.3) is 0 Å². The van der Waals surface area contributed by atoms with Crippen LogP contribution in [0.25, 0.3) is 0 Å². The molecule has 0 unspecified atom stereocenters. The van der Waals surface area contributed by atoms with E-state index in [2.05, 4.69) is 13.8 Å². The molecule has 0 bridgehead atoms. The van der Waals surface area contributed by atoms with Crippen LogP contribution >= 0.6 is 0 Å². The van der Waals surface area contributed by atoms with Crippen LogP contribution in [0.15, 0.2) is 0 Å². The molecule has 0 aromatic heterocycles. The lowest BCUT2D eigenvalue weighted by molar-refractivity contribution is -0.270. The second-order valence-electron chi connectivity index (χ2n) is 14.0. The minimum atomic E-state index is -1.56. The standard InChI is InChI=1S/C39H77NO11/c1-4-6-8-10-12-14-16-18-20-23-48-31-34(32-49-24-21-19-17-15-13-11-9-7-5-2)50-29-28-47-27-26-46-25-22-40(33(3)42)36-38(44)37(43)35(30-41)51-39(36)45/h34-39,41,43-45H,4-32H2,1-3H3/t35-,36-,37-,38-,39-/m1/s1. The van der Waals surface area contributed by atoms with Crippen molar-refractivity contribution in [3.63, 3.8) is 0 Å². The highest BCUT2D eigenvalue weighted by atomic mass is 16.6. The number of aliphatic hydroxyl groups is 4. The van der Waals surface area contributed by atoms with Crippen molar-refractivity contribution in [3.8, 4) is 0 Å². The van der Waals surface area contributed by atoms with Crippen molar-refractivity contribution in [2.24, 2.45) is 0 Å². The van der Waals surface area contributed by atoms with Crippen molar-refractivity contribution < 1.29 is 53.6 Å². The highest BCUT2D eigenvalue weighted by Gasteiger charge is 2.47. The number of amides is 1. The quantitative estimate of drug-likeness (QED) is 0.0632. The first-order valence-electron chi connectivity index (χ1n) is 20.4. The summed E-state index contributed by atoms with van der Waals surface area (Å²) in [4.78, 5) is 13.4. The fourth-order valence-electron chi connectivity index (χ4n) is 6.30. The Morgan fingerprint density at radius 1 is 0.608 bits per heavy atom. The first-order chi connectivity index (χ1) is 24.9. The van der Waals surface area contributed by atoms with E-state index < -0.39 is 43.2 Å². The van der Waals surface area contributed by atoms with E-state index in [4.69, 9.17) is 28.4 Å². The highest BCUT2D eigenvalue weighted by molar-refractivity contribution is 5.73. The molecule has 1 aliphatic rings. The minimum Gasteiger partial charge on any atom is -0.394 e. The Morgan fingerprint density at radius 2 is 1.06 bits per heavy atom. The minimum absolute atomic E-state index is 0.0663. The largest absolute Gasteiger partial charge is 0.394 e. The summed E-state index contributed by atoms with van der Waals surface area (Å²) in [6.07, 6.45) is 17.3. The summed E-state index contributed by atoms with van der Waals surface area (Å²) in [7, 11) is 0. The summed E-state index contributed by atoms with van der Waals surface area (Å²) in [5.41, 5.74) is 0. The van der Waals surface area contributed by atoms with Crippen LogP contribution < -0.4 is 0 Å². The number of nitrogens with zero attached hydrogens (tertiary/aromatic N) is 1. The molecule has 304 valence electrons. The fourth-order valence-corrected chi connectivity index (χ4v) is 6.30. The fraction of sp³-hybridized carbons (Fsp3) is 0.974. The summed E-state index contributed by atoms with van der Waals surface area (Å²) >= 11 is 0. The zero-order valence-electron chi connectivity index (χ0n) is 32.6. The molecule has 0 spiro atoms. The summed E-state index contributed by atoms with van der Waals surface area (Å²) < 4.78 is 34.5. The van der Waals surface area contributed by atoms with Gasteiger partial charge >= 0.3 is 0 Å². The molecule has 1 heterocycles. The van der Waals surface area contributed by atoms with Gasteiger partial charge in [0.05, 0.1) is 52.9 Å². The lowest BCUT2D eigenvalue weighted by Crippen LogP contribution is -2.65. The van der Waals surface area contributed by atoms with E-state index in [1.165, 1.54) is 115 Å². The van der Waals surface area contributed by atoms with E-state index in [1.54, 1.807) is 0 Å². The van der Waals surface area contributed by atoms with E-state index in [9.17, 15) is 25.2 Å². The Morgan fingerprint density at radius 3 is 1.53 bits per heavy atom. The Bertz CT molecular complexity index is 753. The van der Waals surface area contributed by atoms with Gasteiger partial charge in [-0.05, 0) is 12.8 Å². The van der Waals surface area contributed by atoms with E-state index in [-0.39, 0.29) is 25.9 Å². The third kappa shape index (κ3) is 24.2. The Hall–Kier alpha value is -0.930. The molecule has 4 N–H and O–H groups in total. The number of ether oxygens (including phenoxy) is 6. The maximum Gasteiger partial charge on any atom is 0.220 e. The van der Waals surface area contributed by atoms with Gasteiger partial charge in [0.15, 0.2) is 6.29 Å². The van der Waals surface area contributed by atoms with E-state index in [0.717, 1.165) is 26.1 Å². The van der Waals surface area contributed by atoms with E-state index in [1.807, 2.05) is 0 Å². The van der Waals surface area contributed by atoms with Gasteiger partial charge < -0.3 is 53.7 Å². The van der Waals surface area contributed by atoms with E-state index >= 15 is 0 Å². The van der Waals surface area contributed by atoms with Crippen molar-refractivity contribution in [2.75, 3.05) is 72.6 Å². The molecular formula is C39H77NO11. The first kappa shape index (κ1) is 48.1. The van der Waals surface area contributed by atoms with Gasteiger partial charge in [-0.15, -0.1) is 0 Å². The molecule has 0 aliphatic carbocycles. The van der Waals surface area contributed by atoms with Crippen LogP contribution in [0.2, 0.25) is 0 Å². The predicted octanol–water partition coefficient (Wildman–Crippen LogP) is 5.15. The third-order valence-corrected chi connectivity index (χ3v) is 9.45. The van der Waals surface area contributed by atoms with Crippen LogP contribution in [-0.4, -0.2) is 141 Å². The maximum absolute atomic E-state index is 12.2. The maximum atomic E-state index is 12.2. The Kier molecular flexibility index (Phi) is 31.7. The zero-order valence-corrected chi connectivity index (χ0v) is 32.6. The van der Waals surface area contributed by atoms with Crippen molar-refractivity contribution in [3.05, 3.63) is 0 Å². The number of carbonyl (C=O) groups is 1. The molecule has 12 heteroatoms. The van der Waals surface area contributed by atoms with Crippen LogP contribution in [0.4, 0.5) is 0 Å². The molecule has 1 amide bonds. The van der Waals surface area contributed by atoms with Gasteiger partial charge in [-0.1, -0.05) is 117 Å². The SMILES string of the molecule is CCCCCCCCCCCOCC(COCCCCCCCCCCC)OCCOCCOCCN(C(C)=O)[C@@H]1[C@@H](O)[C@H](O)[C@@H](CO)O[C@H]1O. The first-order valence-corrected chi connectivity index (χ1v) is 20.4. The monoisotopic (exact) mass is 736 g/mol. The second-order valence-corrected chi connectivity index (χ2v) is 14.0. The lowest BCUT2D eigenvalue weighted by atomic mass is 9.95. The second kappa shape index (κ2) is 33.6. The van der Waals surface area contributed by atoms with Crippen LogP contribution in [0.3, 0.4) is 0 Å². The summed E-state index contributed by atoms with van der Waals surface area (Å²) in [6, 6.07) is -1.19. The van der Waals surface area contributed by atoms with Crippen molar-refractivity contribution in [2.45, 2.75) is 173 Å². The summed E-state index contributed by atoms with van der Waals surface area (Å²) in [5, 5.41) is 40.2. The molecule has 0 radical (unpaired) electrons. The molecule has 1 rings (SSSR count). The van der Waals surface area contributed by atoms with Gasteiger partial charge in [-0.2, -0.15) is 0 Å². The average molecular weight is 736 g/mol. The predicted molar refractivity (Wildman–Crippen MR) is 199 cm³/mol. The van der Waals surface area contributed by atoms with E-state index in [0.29, 0.717) is 33.0 Å². The average Bonchev–Trinajstić information content (AvgIpc) is 3.12. The number of hydrogen-bond acceptors (Lipinski definition) is 11. The molecule has 0 aromatic rings. The molecule has 12 nitrogen and oxygen atoms in total. The number of unbranched alkanes of at least 4 members (excludes halogenated alkanes) is 16. The normalized spacial score (nSPS) is 20.7. The van der Waals surface area contributed by atoms with Crippen LogP contribution in [-0.2, 0) is 33.2 Å². The molecule has 1 fully saturated rings. The Balaban J connectivity index is 2.27. The van der Waals surface area contributed by atoms with Gasteiger partial charge in [-0.25, -0.2) is 0 Å². The number of carbonyl (C=O) groups excluding carboxylic acids is 1. The van der Waals surface area contributed by atoms with Crippen molar-refractivity contribution in [1.29, 1.82) is 0 Å². The molecule has 0 aromatic carbocycles. The van der Waals surface area contributed by atoms with Crippen LogP contribution in [0, 0.1) is 0 Å². The molecule has 51 heavy (non-hydrogen) atoms. The highest BCUT2D eigenvalue weighted by Crippen LogP contribution is 2.24. The molecule has 5 atom stereocenters. The van der Waals surface area contributed by atoms with Gasteiger partial charge in [0, 0.05) is 26.7 Å². The molecule has 1 aliphatic heterocycles. The third-order valence-electron chi connectivity index (χ3n) is 9.45. The van der Waals surface area contributed by atoms with Crippen LogP contribution in [0.5, 0.6) is 0 Å². The molecule has 0 saturated carbocycles. The number of hydrogen-bond donors (Lipinski definition) is 4. The topological polar surface area (TPSA) is 157 Å². The van der Waals surface area contributed by atoms with Crippen LogP contribution in [0.1, 0.15) is 136 Å². The summed E-state index contributed by atoms with van der Waals surface area (Å²) in [6.45, 7) is 9.28. The number of aliphatic hydroxyl groups excluding tert-OH is 4. The van der Waals surface area contributed by atoms with Crippen molar-refractivity contribution in [1.82, 2.24) is 4.90 Å². The van der Waals surface area contributed by atoms with Gasteiger partial charge in [0.2, 0.25) is 5.91 Å². The Labute approximate surface area is 309 Å². The number of rotatable bonds is 36.